The number of aldehydes is 1. The Bertz CT molecular complexity index is 581. The van der Waals surface area contributed by atoms with Crippen LogP contribution in [0.15, 0.2) is 24.3 Å². The van der Waals surface area contributed by atoms with Gasteiger partial charge in [-0.3, -0.25) is 4.79 Å². The lowest BCUT2D eigenvalue weighted by atomic mass is 10.3. The van der Waals surface area contributed by atoms with Gasteiger partial charge in [-0.2, -0.15) is 0 Å². The minimum Gasteiger partial charge on any atom is -0.486 e. The molecule has 0 spiro atoms. The third-order valence-corrected chi connectivity index (χ3v) is 2.94. The first-order valence-corrected chi connectivity index (χ1v) is 6.28. The van der Waals surface area contributed by atoms with Crippen molar-refractivity contribution in [1.29, 1.82) is 0 Å². The topological polar surface area (TPSA) is 57.0 Å². The van der Waals surface area contributed by atoms with Gasteiger partial charge in [0.1, 0.15) is 18.1 Å². The Morgan fingerprint density at radius 1 is 1.42 bits per heavy atom. The van der Waals surface area contributed by atoms with E-state index in [9.17, 15) is 4.79 Å². The highest BCUT2D eigenvalue weighted by Gasteiger charge is 2.15. The van der Waals surface area contributed by atoms with Gasteiger partial charge in [0.2, 0.25) is 0 Å². The van der Waals surface area contributed by atoms with Crippen LogP contribution in [-0.4, -0.2) is 21.3 Å². The van der Waals surface area contributed by atoms with Crippen molar-refractivity contribution in [3.8, 4) is 5.75 Å². The number of carbonyl (C=O) groups excluding carboxylic acids is 1. The molecule has 0 unspecified atom stereocenters. The number of carbonyl (C=O) groups is 1. The summed E-state index contributed by atoms with van der Waals surface area (Å²) in [7, 11) is 0. The van der Waals surface area contributed by atoms with Gasteiger partial charge in [-0.15, -0.1) is 5.10 Å². The summed E-state index contributed by atoms with van der Waals surface area (Å²) in [6, 6.07) is 7.28. The Morgan fingerprint density at radius 3 is 2.79 bits per heavy atom. The standard InChI is InChI=1S/C13H14ClN3O2/c1-9(2)17-12(11(7-18)15-16-17)8-19-13-6-4-3-5-10(13)14/h3-7,9H,8H2,1-2H3. The summed E-state index contributed by atoms with van der Waals surface area (Å²) in [6.45, 7) is 4.12. The second kappa shape index (κ2) is 5.84. The number of ether oxygens (including phenoxy) is 1. The number of rotatable bonds is 5. The molecule has 0 fully saturated rings. The van der Waals surface area contributed by atoms with E-state index in [4.69, 9.17) is 16.3 Å². The van der Waals surface area contributed by atoms with E-state index >= 15 is 0 Å². The van der Waals surface area contributed by atoms with Crippen molar-refractivity contribution in [1.82, 2.24) is 15.0 Å². The molecule has 19 heavy (non-hydrogen) atoms. The number of benzene rings is 1. The Kier molecular flexibility index (Phi) is 4.16. The van der Waals surface area contributed by atoms with Gasteiger partial charge in [0.15, 0.2) is 12.0 Å². The van der Waals surface area contributed by atoms with Crippen molar-refractivity contribution < 1.29 is 9.53 Å². The van der Waals surface area contributed by atoms with Gasteiger partial charge in [0.25, 0.3) is 0 Å². The van der Waals surface area contributed by atoms with Crippen LogP contribution < -0.4 is 4.74 Å². The summed E-state index contributed by atoms with van der Waals surface area (Å²) in [6.07, 6.45) is 0.678. The van der Waals surface area contributed by atoms with Crippen LogP contribution >= 0.6 is 11.6 Å². The van der Waals surface area contributed by atoms with E-state index in [0.717, 1.165) is 0 Å². The summed E-state index contributed by atoms with van der Waals surface area (Å²) < 4.78 is 7.29. The number of aromatic nitrogens is 3. The highest BCUT2D eigenvalue weighted by atomic mass is 35.5. The molecule has 2 aromatic rings. The zero-order valence-electron chi connectivity index (χ0n) is 10.7. The second-order valence-electron chi connectivity index (χ2n) is 4.30. The van der Waals surface area contributed by atoms with E-state index in [2.05, 4.69) is 10.3 Å². The van der Waals surface area contributed by atoms with Gasteiger partial charge in [-0.25, -0.2) is 4.68 Å². The largest absolute Gasteiger partial charge is 0.486 e. The molecule has 0 atom stereocenters. The minimum absolute atomic E-state index is 0.103. The molecule has 0 aliphatic heterocycles. The average Bonchev–Trinajstić information content (AvgIpc) is 2.81. The van der Waals surface area contributed by atoms with E-state index in [1.807, 2.05) is 26.0 Å². The van der Waals surface area contributed by atoms with E-state index in [1.165, 1.54) is 0 Å². The Hall–Kier alpha value is -1.88. The summed E-state index contributed by atoms with van der Waals surface area (Å²) in [5, 5.41) is 8.29. The van der Waals surface area contributed by atoms with Crippen molar-refractivity contribution in [2.24, 2.45) is 0 Å². The minimum atomic E-state index is 0.103. The fourth-order valence-electron chi connectivity index (χ4n) is 1.68. The van der Waals surface area contributed by atoms with Crippen LogP contribution in [0.4, 0.5) is 0 Å². The van der Waals surface area contributed by atoms with Crippen LogP contribution in [0.3, 0.4) is 0 Å². The van der Waals surface area contributed by atoms with Crippen LogP contribution in [0.1, 0.15) is 36.1 Å². The van der Waals surface area contributed by atoms with Crippen molar-refractivity contribution >= 4 is 17.9 Å². The van der Waals surface area contributed by atoms with E-state index in [-0.39, 0.29) is 12.6 Å². The fraction of sp³-hybridized carbons (Fsp3) is 0.308. The fourth-order valence-corrected chi connectivity index (χ4v) is 1.87. The summed E-state index contributed by atoms with van der Waals surface area (Å²) in [5.74, 6) is 0.567. The Labute approximate surface area is 116 Å². The monoisotopic (exact) mass is 279 g/mol. The number of hydrogen-bond donors (Lipinski definition) is 0. The molecule has 6 heteroatoms. The molecule has 0 bridgehead atoms. The molecule has 0 radical (unpaired) electrons. The van der Waals surface area contributed by atoms with Gasteiger partial charge in [-0.05, 0) is 26.0 Å². The molecule has 0 N–H and O–H groups in total. The van der Waals surface area contributed by atoms with E-state index in [0.29, 0.717) is 28.4 Å². The van der Waals surface area contributed by atoms with Crippen LogP contribution in [-0.2, 0) is 6.61 Å². The van der Waals surface area contributed by atoms with Crippen LogP contribution in [0.5, 0.6) is 5.75 Å². The molecule has 0 amide bonds. The lowest BCUT2D eigenvalue weighted by Crippen LogP contribution is -2.11. The lowest BCUT2D eigenvalue weighted by molar-refractivity contribution is 0.111. The third-order valence-electron chi connectivity index (χ3n) is 2.62. The van der Waals surface area contributed by atoms with E-state index in [1.54, 1.807) is 16.8 Å². The van der Waals surface area contributed by atoms with Crippen molar-refractivity contribution in [3.05, 3.63) is 40.7 Å². The second-order valence-corrected chi connectivity index (χ2v) is 4.70. The smallest absolute Gasteiger partial charge is 0.172 e. The number of halogens is 1. The molecule has 1 aromatic carbocycles. The predicted molar refractivity (Wildman–Crippen MR) is 71.6 cm³/mol. The summed E-state index contributed by atoms with van der Waals surface area (Å²) in [4.78, 5) is 10.9. The molecule has 1 heterocycles. The molecular formula is C13H14ClN3O2. The van der Waals surface area contributed by atoms with Gasteiger partial charge < -0.3 is 4.74 Å². The maximum absolute atomic E-state index is 10.9. The predicted octanol–water partition coefficient (Wildman–Crippen LogP) is 2.90. The average molecular weight is 280 g/mol. The van der Waals surface area contributed by atoms with E-state index < -0.39 is 0 Å². The quantitative estimate of drug-likeness (QED) is 0.790. The molecule has 1 aromatic heterocycles. The van der Waals surface area contributed by atoms with Gasteiger partial charge in [0, 0.05) is 6.04 Å². The van der Waals surface area contributed by atoms with Crippen molar-refractivity contribution in [2.45, 2.75) is 26.5 Å². The highest BCUT2D eigenvalue weighted by Crippen LogP contribution is 2.24. The van der Waals surface area contributed by atoms with Gasteiger partial charge in [0.05, 0.1) is 5.02 Å². The van der Waals surface area contributed by atoms with Crippen LogP contribution in [0.25, 0.3) is 0 Å². The highest BCUT2D eigenvalue weighted by molar-refractivity contribution is 6.32. The first-order chi connectivity index (χ1) is 9.13. The number of para-hydroxylation sites is 1. The SMILES string of the molecule is CC(C)n1nnc(C=O)c1COc1ccccc1Cl. The summed E-state index contributed by atoms with van der Waals surface area (Å²) >= 11 is 6.01. The zero-order chi connectivity index (χ0) is 13.8. The maximum atomic E-state index is 10.9. The normalized spacial score (nSPS) is 10.7. The number of hydrogen-bond acceptors (Lipinski definition) is 4. The molecular weight excluding hydrogens is 266 g/mol. The van der Waals surface area contributed by atoms with Crippen LogP contribution in [0.2, 0.25) is 5.02 Å². The maximum Gasteiger partial charge on any atom is 0.172 e. The molecule has 0 aliphatic carbocycles. The molecule has 5 nitrogen and oxygen atoms in total. The lowest BCUT2D eigenvalue weighted by Gasteiger charge is -2.11. The molecule has 0 saturated heterocycles. The summed E-state index contributed by atoms with van der Waals surface area (Å²) in [5.41, 5.74) is 0.936. The molecule has 0 aliphatic rings. The Balaban J connectivity index is 2.21. The van der Waals surface area contributed by atoms with Crippen molar-refractivity contribution in [3.63, 3.8) is 0 Å². The first-order valence-electron chi connectivity index (χ1n) is 5.90. The zero-order valence-corrected chi connectivity index (χ0v) is 11.5. The van der Waals surface area contributed by atoms with Crippen LogP contribution in [0, 0.1) is 0 Å². The molecule has 100 valence electrons. The number of nitrogens with zero attached hydrogens (tertiary/aromatic N) is 3. The van der Waals surface area contributed by atoms with Crippen molar-refractivity contribution in [2.75, 3.05) is 0 Å². The molecule has 0 saturated carbocycles. The Morgan fingerprint density at radius 2 is 2.16 bits per heavy atom. The van der Waals surface area contributed by atoms with Gasteiger partial charge >= 0.3 is 0 Å². The molecule has 2 rings (SSSR count). The van der Waals surface area contributed by atoms with Gasteiger partial charge in [-0.1, -0.05) is 28.9 Å². The first kappa shape index (κ1) is 13.5. The third kappa shape index (κ3) is 2.93.